The molecule has 0 amide bonds. The van der Waals surface area contributed by atoms with Crippen molar-refractivity contribution in [3.05, 3.63) is 38.8 Å². The molecule has 15 heavy (non-hydrogen) atoms. The summed E-state index contributed by atoms with van der Waals surface area (Å²) in [7, 11) is 0. The maximum atomic E-state index is 5.84. The highest BCUT2D eigenvalue weighted by Gasteiger charge is 2.01. The Morgan fingerprint density at radius 1 is 1.47 bits per heavy atom. The molecular weight excluding hydrogens is 298 g/mol. The van der Waals surface area contributed by atoms with Gasteiger partial charge in [-0.25, -0.2) is 0 Å². The van der Waals surface area contributed by atoms with Crippen molar-refractivity contribution in [3.63, 3.8) is 0 Å². The van der Waals surface area contributed by atoms with Crippen LogP contribution in [0.4, 0.5) is 5.69 Å². The summed E-state index contributed by atoms with van der Waals surface area (Å²) in [6.07, 6.45) is 0. The molecule has 0 atom stereocenters. The molecule has 6 heteroatoms. The number of nitrogens with zero attached hydrogens (tertiary/aromatic N) is 2. The lowest BCUT2D eigenvalue weighted by molar-refractivity contribution is 0.998. The molecule has 2 aromatic rings. The van der Waals surface area contributed by atoms with Crippen molar-refractivity contribution in [2.24, 2.45) is 0 Å². The summed E-state index contributed by atoms with van der Waals surface area (Å²) in [4.78, 5) is 0. The second-order valence-corrected chi connectivity index (χ2v) is 4.77. The van der Waals surface area contributed by atoms with Crippen LogP contribution >= 0.6 is 39.1 Å². The van der Waals surface area contributed by atoms with Gasteiger partial charge in [-0.1, -0.05) is 16.1 Å². The van der Waals surface area contributed by atoms with Crippen molar-refractivity contribution in [2.75, 3.05) is 5.32 Å². The number of anilines is 1. The van der Waals surface area contributed by atoms with Crippen molar-refractivity contribution < 1.29 is 0 Å². The fourth-order valence-electron chi connectivity index (χ4n) is 1.08. The third-order valence-electron chi connectivity index (χ3n) is 1.80. The molecule has 78 valence electrons. The number of halogens is 2. The Hall–Kier alpha value is -0.650. The van der Waals surface area contributed by atoms with Gasteiger partial charge in [0.25, 0.3) is 0 Å². The predicted molar refractivity (Wildman–Crippen MR) is 66.4 cm³/mol. The van der Waals surface area contributed by atoms with Crippen LogP contribution in [0, 0.1) is 0 Å². The smallest absolute Gasteiger partial charge is 0.0946 e. The summed E-state index contributed by atoms with van der Waals surface area (Å²) < 4.78 is 4.73. The molecule has 0 radical (unpaired) electrons. The molecule has 0 bridgehead atoms. The maximum Gasteiger partial charge on any atom is 0.0946 e. The Balaban J connectivity index is 2.05. The Bertz CT molecular complexity index is 447. The molecule has 0 unspecified atom stereocenters. The molecule has 1 N–H and O–H groups in total. The van der Waals surface area contributed by atoms with Gasteiger partial charge in [-0.2, -0.15) is 0 Å². The highest BCUT2D eigenvalue weighted by molar-refractivity contribution is 9.10. The van der Waals surface area contributed by atoms with Crippen molar-refractivity contribution >= 4 is 44.8 Å². The molecule has 1 aromatic heterocycles. The van der Waals surface area contributed by atoms with Gasteiger partial charge in [0.05, 0.1) is 12.2 Å². The maximum absolute atomic E-state index is 5.84. The molecule has 0 spiro atoms. The highest BCUT2D eigenvalue weighted by atomic mass is 79.9. The van der Waals surface area contributed by atoms with E-state index >= 15 is 0 Å². The average molecular weight is 305 g/mol. The van der Waals surface area contributed by atoms with Gasteiger partial charge in [0.15, 0.2) is 0 Å². The Kier molecular flexibility index (Phi) is 3.56. The molecule has 0 aliphatic carbocycles. The lowest BCUT2D eigenvalue weighted by Crippen LogP contribution is -2.00. The first kappa shape index (κ1) is 10.9. The van der Waals surface area contributed by atoms with E-state index in [9.17, 15) is 0 Å². The standard InChI is InChI=1S/C9H7BrClN3S/c10-8-3-6(11)1-2-9(8)12-4-7-5-15-14-13-7/h1-3,5,12H,4H2. The van der Waals surface area contributed by atoms with E-state index < -0.39 is 0 Å². The molecule has 2 rings (SSSR count). The summed E-state index contributed by atoms with van der Waals surface area (Å²) in [5.41, 5.74) is 1.93. The van der Waals surface area contributed by atoms with E-state index in [0.29, 0.717) is 11.6 Å². The minimum absolute atomic E-state index is 0.663. The van der Waals surface area contributed by atoms with Crippen LogP contribution in [-0.2, 0) is 6.54 Å². The Labute approximate surface area is 105 Å². The van der Waals surface area contributed by atoms with E-state index in [-0.39, 0.29) is 0 Å². The zero-order chi connectivity index (χ0) is 10.7. The third-order valence-corrected chi connectivity index (χ3v) is 3.24. The number of hydrogen-bond acceptors (Lipinski definition) is 4. The molecular formula is C9H7BrClN3S. The zero-order valence-electron chi connectivity index (χ0n) is 7.58. The number of nitrogens with one attached hydrogen (secondary N) is 1. The van der Waals surface area contributed by atoms with Gasteiger partial charge in [-0.3, -0.25) is 0 Å². The van der Waals surface area contributed by atoms with E-state index in [4.69, 9.17) is 11.6 Å². The fourth-order valence-corrected chi connectivity index (χ4v) is 2.35. The van der Waals surface area contributed by atoms with Gasteiger partial charge in [-0.05, 0) is 45.7 Å². The van der Waals surface area contributed by atoms with Crippen LogP contribution in [0.1, 0.15) is 5.69 Å². The van der Waals surface area contributed by atoms with Gasteiger partial charge < -0.3 is 5.32 Å². The Morgan fingerprint density at radius 2 is 2.33 bits per heavy atom. The number of benzene rings is 1. The largest absolute Gasteiger partial charge is 0.378 e. The van der Waals surface area contributed by atoms with Crippen LogP contribution in [0.2, 0.25) is 5.02 Å². The molecule has 3 nitrogen and oxygen atoms in total. The molecule has 0 fully saturated rings. The highest BCUT2D eigenvalue weighted by Crippen LogP contribution is 2.26. The first-order valence-electron chi connectivity index (χ1n) is 4.20. The fraction of sp³-hybridized carbons (Fsp3) is 0.111. The van der Waals surface area contributed by atoms with Crippen LogP contribution in [0.15, 0.2) is 28.1 Å². The third kappa shape index (κ3) is 2.90. The van der Waals surface area contributed by atoms with E-state index in [1.54, 1.807) is 0 Å². The number of rotatable bonds is 3. The summed E-state index contributed by atoms with van der Waals surface area (Å²) >= 11 is 10.6. The summed E-state index contributed by atoms with van der Waals surface area (Å²) in [6.45, 7) is 0.663. The molecule has 0 aliphatic heterocycles. The van der Waals surface area contributed by atoms with E-state index in [2.05, 4.69) is 30.8 Å². The SMILES string of the molecule is Clc1ccc(NCc2csnn2)c(Br)c1. The topological polar surface area (TPSA) is 37.8 Å². The van der Waals surface area contributed by atoms with E-state index in [1.807, 2.05) is 23.6 Å². The number of hydrogen-bond donors (Lipinski definition) is 1. The van der Waals surface area contributed by atoms with Crippen LogP contribution < -0.4 is 5.32 Å². The van der Waals surface area contributed by atoms with Crippen molar-refractivity contribution in [1.29, 1.82) is 0 Å². The molecule has 1 heterocycles. The van der Waals surface area contributed by atoms with Crippen molar-refractivity contribution in [1.82, 2.24) is 9.59 Å². The van der Waals surface area contributed by atoms with Crippen LogP contribution in [-0.4, -0.2) is 9.59 Å². The number of aromatic nitrogens is 2. The van der Waals surface area contributed by atoms with Crippen LogP contribution in [0.5, 0.6) is 0 Å². The van der Waals surface area contributed by atoms with E-state index in [0.717, 1.165) is 15.9 Å². The van der Waals surface area contributed by atoms with Crippen LogP contribution in [0.25, 0.3) is 0 Å². The summed E-state index contributed by atoms with van der Waals surface area (Å²) in [6, 6.07) is 5.61. The lowest BCUT2D eigenvalue weighted by atomic mass is 10.3. The summed E-state index contributed by atoms with van der Waals surface area (Å²) in [5.74, 6) is 0. The molecule has 0 saturated carbocycles. The molecule has 0 aliphatic rings. The molecule has 1 aromatic carbocycles. The van der Waals surface area contributed by atoms with Gasteiger partial charge in [-0.15, -0.1) is 5.10 Å². The van der Waals surface area contributed by atoms with Gasteiger partial charge >= 0.3 is 0 Å². The van der Waals surface area contributed by atoms with E-state index in [1.165, 1.54) is 11.5 Å². The van der Waals surface area contributed by atoms with Crippen molar-refractivity contribution in [2.45, 2.75) is 6.54 Å². The monoisotopic (exact) mass is 303 g/mol. The zero-order valence-corrected chi connectivity index (χ0v) is 10.7. The minimum Gasteiger partial charge on any atom is -0.378 e. The van der Waals surface area contributed by atoms with Crippen molar-refractivity contribution in [3.8, 4) is 0 Å². The second kappa shape index (κ2) is 4.92. The first-order chi connectivity index (χ1) is 7.25. The van der Waals surface area contributed by atoms with Crippen LogP contribution in [0.3, 0.4) is 0 Å². The molecule has 0 saturated heterocycles. The van der Waals surface area contributed by atoms with Gasteiger partial charge in [0.2, 0.25) is 0 Å². The predicted octanol–water partition coefficient (Wildman–Crippen LogP) is 3.57. The summed E-state index contributed by atoms with van der Waals surface area (Å²) in [5, 5.41) is 9.81. The van der Waals surface area contributed by atoms with Gasteiger partial charge in [0, 0.05) is 20.6 Å². The average Bonchev–Trinajstić information content (AvgIpc) is 2.69. The quantitative estimate of drug-likeness (QED) is 0.942. The second-order valence-electron chi connectivity index (χ2n) is 2.87. The normalized spacial score (nSPS) is 10.3. The Morgan fingerprint density at radius 3 is 3.00 bits per heavy atom. The van der Waals surface area contributed by atoms with Gasteiger partial charge in [0.1, 0.15) is 0 Å². The minimum atomic E-state index is 0.663. The lowest BCUT2D eigenvalue weighted by Gasteiger charge is -2.06. The first-order valence-corrected chi connectivity index (χ1v) is 6.21.